The Bertz CT molecular complexity index is 1040. The van der Waals surface area contributed by atoms with Crippen LogP contribution in [0.2, 0.25) is 0 Å². The van der Waals surface area contributed by atoms with Gasteiger partial charge in [0.2, 0.25) is 5.91 Å². The molecule has 1 amide bonds. The average Bonchev–Trinajstić information content (AvgIpc) is 2.84. The number of nitrogens with zero attached hydrogens (tertiary/aromatic N) is 2. The van der Waals surface area contributed by atoms with E-state index in [4.69, 9.17) is 4.74 Å². The molecule has 0 bridgehead atoms. The fourth-order valence-corrected chi connectivity index (χ4v) is 4.41. The van der Waals surface area contributed by atoms with Crippen LogP contribution in [0.15, 0.2) is 72.9 Å². The topological polar surface area (TPSA) is 54.5 Å². The van der Waals surface area contributed by atoms with Gasteiger partial charge in [0.25, 0.3) is 0 Å². The van der Waals surface area contributed by atoms with E-state index in [1.54, 1.807) is 25.4 Å². The van der Waals surface area contributed by atoms with Crippen molar-refractivity contribution >= 4 is 5.91 Å². The maximum Gasteiger partial charge on any atom is 0.233 e. The number of hydrogen-bond acceptors (Lipinski definition) is 4. The number of ether oxygens (including phenoxy) is 1. The van der Waals surface area contributed by atoms with Gasteiger partial charge in [0.15, 0.2) is 0 Å². The summed E-state index contributed by atoms with van der Waals surface area (Å²) in [6.45, 7) is 2.64. The van der Waals surface area contributed by atoms with E-state index in [0.717, 1.165) is 48.5 Å². The minimum absolute atomic E-state index is 0.0114. The van der Waals surface area contributed by atoms with Crippen molar-refractivity contribution in [2.24, 2.45) is 0 Å². The van der Waals surface area contributed by atoms with Crippen molar-refractivity contribution in [3.8, 4) is 5.75 Å². The molecule has 0 saturated carbocycles. The van der Waals surface area contributed by atoms with Gasteiger partial charge in [-0.15, -0.1) is 0 Å². The molecule has 32 heavy (non-hydrogen) atoms. The van der Waals surface area contributed by atoms with Gasteiger partial charge in [-0.05, 0) is 66.9 Å². The van der Waals surface area contributed by atoms with Crippen LogP contribution >= 0.6 is 0 Å². The number of likely N-dealkylation sites (N-methyl/N-ethyl adjacent to an activating group) is 1. The molecule has 1 aliphatic heterocycles. The van der Waals surface area contributed by atoms with Crippen LogP contribution in [-0.4, -0.2) is 35.9 Å². The third-order valence-electron chi connectivity index (χ3n) is 6.01. The summed E-state index contributed by atoms with van der Waals surface area (Å²) in [6, 6.07) is 20.1. The molecule has 166 valence electrons. The summed E-state index contributed by atoms with van der Waals surface area (Å²) >= 11 is 0. The van der Waals surface area contributed by atoms with Gasteiger partial charge >= 0.3 is 0 Å². The van der Waals surface area contributed by atoms with Crippen molar-refractivity contribution in [2.45, 2.75) is 31.4 Å². The summed E-state index contributed by atoms with van der Waals surface area (Å²) in [5, 5.41) is 2.85. The Morgan fingerprint density at radius 2 is 1.97 bits per heavy atom. The number of piperidine rings is 1. The molecule has 0 radical (unpaired) electrons. The van der Waals surface area contributed by atoms with Crippen molar-refractivity contribution in [1.82, 2.24) is 15.2 Å². The third kappa shape index (κ3) is 4.97. The highest BCUT2D eigenvalue weighted by atomic mass is 19.1. The maximum absolute atomic E-state index is 13.1. The number of nitrogens with one attached hydrogen (secondary N) is 1. The zero-order chi connectivity index (χ0) is 22.4. The van der Waals surface area contributed by atoms with Crippen molar-refractivity contribution in [2.75, 3.05) is 20.1 Å². The maximum atomic E-state index is 13.1. The molecule has 1 N–H and O–H groups in total. The van der Waals surface area contributed by atoms with Crippen molar-refractivity contribution in [1.29, 1.82) is 0 Å². The number of hydrogen-bond donors (Lipinski definition) is 1. The second-order valence-corrected chi connectivity index (χ2v) is 8.25. The zero-order valence-electron chi connectivity index (χ0n) is 18.3. The minimum atomic E-state index is -0.648. The van der Waals surface area contributed by atoms with Gasteiger partial charge < -0.3 is 10.1 Å². The number of likely N-dealkylation sites (tertiary alicyclic amines) is 1. The molecule has 4 rings (SSSR count). The van der Waals surface area contributed by atoms with Gasteiger partial charge in [0.1, 0.15) is 23.6 Å². The second kappa shape index (κ2) is 9.92. The van der Waals surface area contributed by atoms with Crippen LogP contribution in [0.25, 0.3) is 0 Å². The van der Waals surface area contributed by atoms with Crippen LogP contribution < -0.4 is 10.1 Å². The Labute approximate surface area is 188 Å². The summed E-state index contributed by atoms with van der Waals surface area (Å²) in [5.74, 6) is 0.527. The Morgan fingerprint density at radius 1 is 1.12 bits per heavy atom. The number of rotatable bonds is 7. The number of pyridine rings is 1. The molecular weight excluding hydrogens is 405 g/mol. The molecule has 5 nitrogen and oxygen atoms in total. The first-order valence-corrected chi connectivity index (χ1v) is 10.9. The average molecular weight is 434 g/mol. The van der Waals surface area contributed by atoms with Crippen LogP contribution in [0.3, 0.4) is 0 Å². The lowest BCUT2D eigenvalue weighted by molar-refractivity contribution is -0.128. The number of aromatic nitrogens is 1. The monoisotopic (exact) mass is 433 g/mol. The summed E-state index contributed by atoms with van der Waals surface area (Å²) < 4.78 is 19.0. The van der Waals surface area contributed by atoms with E-state index in [2.05, 4.69) is 21.3 Å². The van der Waals surface area contributed by atoms with E-state index in [1.165, 1.54) is 12.1 Å². The fourth-order valence-electron chi connectivity index (χ4n) is 4.41. The highest BCUT2D eigenvalue weighted by Gasteiger charge is 2.44. The number of halogens is 1. The SMILES string of the molecule is CNC(=O)[C@]1(c2ccccn2)CCCN(Cc2cccc(OCc3ccc(F)cc3)c2)C1. The molecular formula is C26H28FN3O2. The largest absolute Gasteiger partial charge is 0.489 e. The Kier molecular flexibility index (Phi) is 6.81. The molecule has 1 saturated heterocycles. The number of carbonyl (C=O) groups is 1. The second-order valence-electron chi connectivity index (χ2n) is 8.25. The third-order valence-corrected chi connectivity index (χ3v) is 6.01. The molecule has 0 aliphatic carbocycles. The van der Waals surface area contributed by atoms with Crippen LogP contribution in [0.5, 0.6) is 5.75 Å². The predicted octanol–water partition coefficient (Wildman–Crippen LogP) is 4.08. The molecule has 0 spiro atoms. The van der Waals surface area contributed by atoms with Gasteiger partial charge in [0.05, 0.1) is 5.69 Å². The van der Waals surface area contributed by atoms with Crippen LogP contribution in [0, 0.1) is 5.82 Å². The first-order chi connectivity index (χ1) is 15.6. The minimum Gasteiger partial charge on any atom is -0.489 e. The number of benzene rings is 2. The lowest BCUT2D eigenvalue weighted by atomic mass is 9.75. The summed E-state index contributed by atoms with van der Waals surface area (Å²) in [7, 11) is 1.69. The fraction of sp³-hybridized carbons (Fsp3) is 0.308. The predicted molar refractivity (Wildman–Crippen MR) is 122 cm³/mol. The lowest BCUT2D eigenvalue weighted by Crippen LogP contribution is -2.54. The van der Waals surface area contributed by atoms with Gasteiger partial charge in [-0.1, -0.05) is 30.3 Å². The summed E-state index contributed by atoms with van der Waals surface area (Å²) in [5.41, 5.74) is 2.21. The molecule has 1 fully saturated rings. The number of carbonyl (C=O) groups excluding carboxylic acids is 1. The number of amides is 1. The molecule has 1 aromatic heterocycles. The Hall–Kier alpha value is -3.25. The van der Waals surface area contributed by atoms with Crippen LogP contribution in [0.4, 0.5) is 4.39 Å². The molecule has 0 unspecified atom stereocenters. The van der Waals surface area contributed by atoms with E-state index in [9.17, 15) is 9.18 Å². The highest BCUT2D eigenvalue weighted by molar-refractivity contribution is 5.88. The molecule has 2 aromatic carbocycles. The van der Waals surface area contributed by atoms with Crippen molar-refractivity contribution in [3.05, 3.63) is 95.6 Å². The Morgan fingerprint density at radius 3 is 2.72 bits per heavy atom. The molecule has 1 atom stereocenters. The quantitative estimate of drug-likeness (QED) is 0.610. The molecule has 3 aromatic rings. The first-order valence-electron chi connectivity index (χ1n) is 10.9. The molecule has 2 heterocycles. The first kappa shape index (κ1) is 22.0. The molecule has 1 aliphatic rings. The lowest BCUT2D eigenvalue weighted by Gasteiger charge is -2.41. The van der Waals surface area contributed by atoms with Crippen molar-refractivity contribution in [3.63, 3.8) is 0 Å². The summed E-state index contributed by atoms with van der Waals surface area (Å²) in [6.07, 6.45) is 3.45. The van der Waals surface area contributed by atoms with Gasteiger partial charge in [-0.2, -0.15) is 0 Å². The smallest absolute Gasteiger partial charge is 0.233 e. The van der Waals surface area contributed by atoms with Crippen LogP contribution in [-0.2, 0) is 23.4 Å². The zero-order valence-corrected chi connectivity index (χ0v) is 18.3. The van der Waals surface area contributed by atoms with Crippen molar-refractivity contribution < 1.29 is 13.9 Å². The van der Waals surface area contributed by atoms with Gasteiger partial charge in [0, 0.05) is 26.3 Å². The van der Waals surface area contributed by atoms with E-state index < -0.39 is 5.41 Å². The van der Waals surface area contributed by atoms with Gasteiger partial charge in [-0.25, -0.2) is 4.39 Å². The van der Waals surface area contributed by atoms with Gasteiger partial charge in [-0.3, -0.25) is 14.7 Å². The van der Waals surface area contributed by atoms with E-state index in [1.807, 2.05) is 36.4 Å². The summed E-state index contributed by atoms with van der Waals surface area (Å²) in [4.78, 5) is 19.8. The van der Waals surface area contributed by atoms with E-state index >= 15 is 0 Å². The normalized spacial score (nSPS) is 18.8. The van der Waals surface area contributed by atoms with Crippen LogP contribution in [0.1, 0.15) is 29.7 Å². The molecule has 6 heteroatoms. The Balaban J connectivity index is 1.46. The highest BCUT2D eigenvalue weighted by Crippen LogP contribution is 2.34. The van der Waals surface area contributed by atoms with E-state index in [-0.39, 0.29) is 11.7 Å². The van der Waals surface area contributed by atoms with E-state index in [0.29, 0.717) is 13.2 Å². The standard InChI is InChI=1S/C26H28FN3O2/c1-28-25(31)26(24-8-2-3-14-29-24)13-5-15-30(19-26)17-21-6-4-7-23(16-21)32-18-20-9-11-22(27)12-10-20/h2-4,6-12,14,16H,5,13,15,17-19H2,1H3,(H,28,31)/t26-/m1/s1.